The van der Waals surface area contributed by atoms with Crippen LogP contribution in [-0.4, -0.2) is 62.8 Å². The third-order valence-electron chi connectivity index (χ3n) is 5.86. The molecule has 0 aliphatic carbocycles. The summed E-state index contributed by atoms with van der Waals surface area (Å²) in [7, 11) is -3.50. The Hall–Kier alpha value is -2.22. The predicted molar refractivity (Wildman–Crippen MR) is 124 cm³/mol. The largest absolute Gasteiger partial charge is 0.354 e. The van der Waals surface area contributed by atoms with Crippen LogP contribution in [0.4, 0.5) is 0 Å². The Morgan fingerprint density at radius 1 is 0.903 bits per heavy atom. The van der Waals surface area contributed by atoms with E-state index in [1.54, 1.807) is 12.1 Å². The van der Waals surface area contributed by atoms with Crippen molar-refractivity contribution in [2.75, 3.05) is 39.3 Å². The second-order valence-corrected chi connectivity index (χ2v) is 10.5. The van der Waals surface area contributed by atoms with E-state index in [1.807, 2.05) is 35.2 Å². The Balaban J connectivity index is 1.47. The van der Waals surface area contributed by atoms with Gasteiger partial charge in [-0.3, -0.25) is 9.69 Å². The van der Waals surface area contributed by atoms with E-state index in [2.05, 4.69) is 38.2 Å². The lowest BCUT2D eigenvalue weighted by Gasteiger charge is -2.33. The molecule has 1 atom stereocenters. The number of carbonyl (C=O) groups is 1. The first-order chi connectivity index (χ1) is 14.8. The summed E-state index contributed by atoms with van der Waals surface area (Å²) in [6.45, 7) is 9.01. The Morgan fingerprint density at radius 2 is 1.52 bits per heavy atom. The van der Waals surface area contributed by atoms with Crippen LogP contribution >= 0.6 is 0 Å². The Bertz CT molecular complexity index is 951. The highest BCUT2D eigenvalue weighted by Crippen LogP contribution is 2.21. The van der Waals surface area contributed by atoms with Crippen molar-refractivity contribution in [3.8, 4) is 0 Å². The Labute approximate surface area is 186 Å². The van der Waals surface area contributed by atoms with Crippen molar-refractivity contribution in [3.63, 3.8) is 0 Å². The van der Waals surface area contributed by atoms with Crippen LogP contribution in [0.25, 0.3) is 0 Å². The van der Waals surface area contributed by atoms with Crippen molar-refractivity contribution in [2.45, 2.75) is 37.5 Å². The van der Waals surface area contributed by atoms with Gasteiger partial charge in [-0.05, 0) is 35.1 Å². The number of amides is 1. The highest BCUT2D eigenvalue weighted by atomic mass is 32.2. The van der Waals surface area contributed by atoms with Crippen LogP contribution in [0.5, 0.6) is 0 Å². The molecule has 31 heavy (non-hydrogen) atoms. The van der Waals surface area contributed by atoms with Crippen molar-refractivity contribution in [1.29, 1.82) is 0 Å². The van der Waals surface area contributed by atoms with Crippen molar-refractivity contribution < 1.29 is 13.2 Å². The maximum atomic E-state index is 12.9. The molecule has 2 aromatic rings. The zero-order valence-corrected chi connectivity index (χ0v) is 19.4. The van der Waals surface area contributed by atoms with E-state index in [0.29, 0.717) is 50.1 Å². The predicted octanol–water partition coefficient (Wildman–Crippen LogP) is 3.04. The highest BCUT2D eigenvalue weighted by Gasteiger charge is 2.29. The summed E-state index contributed by atoms with van der Waals surface area (Å²) in [5.74, 6) is 0.583. The maximum absolute atomic E-state index is 12.9. The molecule has 1 N–H and O–H groups in total. The molecule has 1 saturated heterocycles. The topological polar surface area (TPSA) is 69.7 Å². The van der Waals surface area contributed by atoms with Gasteiger partial charge in [0.25, 0.3) is 0 Å². The first-order valence-electron chi connectivity index (χ1n) is 10.9. The number of nitrogens with one attached hydrogen (secondary N) is 1. The minimum absolute atomic E-state index is 0.0247. The minimum Gasteiger partial charge on any atom is -0.354 e. The second-order valence-electron chi connectivity index (χ2n) is 8.52. The standard InChI is InChI=1S/C24H33N3O3S/c1-19(2)21-9-11-23(12-10-21)31(29,30)27-15-13-26(14-16-27)18-24(28)25-17-20(3)22-7-5-4-6-8-22/h4-12,19-20H,13-18H2,1-3H3,(H,25,28). The minimum atomic E-state index is -3.50. The maximum Gasteiger partial charge on any atom is 0.243 e. The first-order valence-corrected chi connectivity index (χ1v) is 12.4. The second kappa shape index (κ2) is 10.4. The molecule has 1 amide bonds. The number of piperazine rings is 1. The van der Waals surface area contributed by atoms with E-state index in [-0.39, 0.29) is 11.8 Å². The molecule has 1 heterocycles. The van der Waals surface area contributed by atoms with Gasteiger partial charge < -0.3 is 5.32 Å². The van der Waals surface area contributed by atoms with Gasteiger partial charge >= 0.3 is 0 Å². The van der Waals surface area contributed by atoms with E-state index < -0.39 is 10.0 Å². The van der Waals surface area contributed by atoms with Gasteiger partial charge in [0.05, 0.1) is 11.4 Å². The summed E-state index contributed by atoms with van der Waals surface area (Å²) in [5, 5.41) is 3.00. The van der Waals surface area contributed by atoms with Crippen LogP contribution in [0.1, 0.15) is 43.7 Å². The van der Waals surface area contributed by atoms with Gasteiger partial charge in [-0.25, -0.2) is 8.42 Å². The summed E-state index contributed by atoms with van der Waals surface area (Å²) in [6.07, 6.45) is 0. The number of rotatable bonds is 8. The molecule has 2 aromatic carbocycles. The van der Waals surface area contributed by atoms with Gasteiger partial charge in [0, 0.05) is 32.7 Å². The SMILES string of the molecule is CC(C)c1ccc(S(=O)(=O)N2CCN(CC(=O)NCC(C)c3ccccc3)CC2)cc1. The van der Waals surface area contributed by atoms with Crippen LogP contribution in [0.2, 0.25) is 0 Å². The third-order valence-corrected chi connectivity index (χ3v) is 7.77. The van der Waals surface area contributed by atoms with Crippen LogP contribution in [0.3, 0.4) is 0 Å². The summed E-state index contributed by atoms with van der Waals surface area (Å²) < 4.78 is 27.4. The molecule has 7 heteroatoms. The summed E-state index contributed by atoms with van der Waals surface area (Å²) in [5.41, 5.74) is 2.32. The number of nitrogens with zero attached hydrogens (tertiary/aromatic N) is 2. The highest BCUT2D eigenvalue weighted by molar-refractivity contribution is 7.89. The van der Waals surface area contributed by atoms with Gasteiger partial charge in [-0.15, -0.1) is 0 Å². The first kappa shape index (κ1) is 23.4. The lowest BCUT2D eigenvalue weighted by molar-refractivity contribution is -0.122. The Kier molecular flexibility index (Phi) is 7.86. The van der Waals surface area contributed by atoms with E-state index in [0.717, 1.165) is 5.56 Å². The quantitative estimate of drug-likeness (QED) is 0.681. The molecule has 0 radical (unpaired) electrons. The number of benzene rings is 2. The third kappa shape index (κ3) is 6.15. The van der Waals surface area contributed by atoms with E-state index in [9.17, 15) is 13.2 Å². The van der Waals surface area contributed by atoms with Gasteiger partial charge in [0.1, 0.15) is 0 Å². The zero-order chi connectivity index (χ0) is 22.4. The zero-order valence-electron chi connectivity index (χ0n) is 18.6. The average molecular weight is 444 g/mol. The van der Waals surface area contributed by atoms with Crippen LogP contribution in [0.15, 0.2) is 59.5 Å². The van der Waals surface area contributed by atoms with E-state index >= 15 is 0 Å². The molecule has 1 unspecified atom stereocenters. The van der Waals surface area contributed by atoms with Crippen molar-refractivity contribution in [2.24, 2.45) is 0 Å². The fourth-order valence-electron chi connectivity index (χ4n) is 3.73. The van der Waals surface area contributed by atoms with Crippen molar-refractivity contribution >= 4 is 15.9 Å². The van der Waals surface area contributed by atoms with Gasteiger partial charge in [-0.2, -0.15) is 4.31 Å². The molecule has 0 saturated carbocycles. The monoisotopic (exact) mass is 443 g/mol. The number of sulfonamides is 1. The molecule has 1 aliphatic heterocycles. The molecule has 0 spiro atoms. The fourth-order valence-corrected chi connectivity index (χ4v) is 5.15. The van der Waals surface area contributed by atoms with Crippen LogP contribution in [0, 0.1) is 0 Å². The molecular formula is C24H33N3O3S. The molecule has 1 fully saturated rings. The molecule has 3 rings (SSSR count). The summed E-state index contributed by atoms with van der Waals surface area (Å²) in [6, 6.07) is 17.3. The lowest BCUT2D eigenvalue weighted by Crippen LogP contribution is -2.51. The van der Waals surface area contributed by atoms with Crippen LogP contribution in [-0.2, 0) is 14.8 Å². The summed E-state index contributed by atoms with van der Waals surface area (Å²) >= 11 is 0. The van der Waals surface area contributed by atoms with Crippen molar-refractivity contribution in [3.05, 3.63) is 65.7 Å². The van der Waals surface area contributed by atoms with Crippen molar-refractivity contribution in [1.82, 2.24) is 14.5 Å². The Morgan fingerprint density at radius 3 is 2.10 bits per heavy atom. The number of hydrogen-bond donors (Lipinski definition) is 1. The van der Waals surface area contributed by atoms with Gasteiger partial charge in [0.2, 0.25) is 15.9 Å². The van der Waals surface area contributed by atoms with Gasteiger partial charge in [-0.1, -0.05) is 63.2 Å². The molecular weight excluding hydrogens is 410 g/mol. The molecule has 6 nitrogen and oxygen atoms in total. The summed E-state index contributed by atoms with van der Waals surface area (Å²) in [4.78, 5) is 14.7. The molecule has 0 aromatic heterocycles. The number of carbonyl (C=O) groups excluding carboxylic acids is 1. The molecule has 168 valence electrons. The molecule has 1 aliphatic rings. The normalized spacial score (nSPS) is 16.9. The fraction of sp³-hybridized carbons (Fsp3) is 0.458. The molecule has 0 bridgehead atoms. The van der Waals surface area contributed by atoms with E-state index in [1.165, 1.54) is 9.87 Å². The smallest absolute Gasteiger partial charge is 0.243 e. The lowest BCUT2D eigenvalue weighted by atomic mass is 10.0. The average Bonchev–Trinajstić information content (AvgIpc) is 2.78. The van der Waals surface area contributed by atoms with E-state index in [4.69, 9.17) is 0 Å². The number of hydrogen-bond acceptors (Lipinski definition) is 4. The van der Waals surface area contributed by atoms with Gasteiger partial charge in [0.15, 0.2) is 0 Å². The van der Waals surface area contributed by atoms with Crippen LogP contribution < -0.4 is 5.32 Å².